The number of piperidine rings is 1. The number of hydrogen-bond donors (Lipinski definition) is 0. The minimum absolute atomic E-state index is 0.273. The van der Waals surface area contributed by atoms with Gasteiger partial charge < -0.3 is 9.80 Å². The first-order valence-electron chi connectivity index (χ1n) is 5.48. The number of carbonyl (C=O) groups is 1. The summed E-state index contributed by atoms with van der Waals surface area (Å²) in [6.07, 6.45) is 3.57. The standard InChI is InChI=1S/C11H22N2O/c1-9-6-5-7-10(2)13(9)11(14)8-12(3)4/h9-10H,5-8H2,1-4H3. The molecule has 2 atom stereocenters. The van der Waals surface area contributed by atoms with Crippen LogP contribution in [0.4, 0.5) is 0 Å². The first-order chi connectivity index (χ1) is 6.52. The van der Waals surface area contributed by atoms with Gasteiger partial charge in [0.05, 0.1) is 6.54 Å². The fourth-order valence-electron chi connectivity index (χ4n) is 2.27. The van der Waals surface area contributed by atoms with E-state index in [0.717, 1.165) is 12.8 Å². The first-order valence-corrected chi connectivity index (χ1v) is 5.48. The van der Waals surface area contributed by atoms with Crippen LogP contribution in [-0.4, -0.2) is 48.4 Å². The Labute approximate surface area is 87.1 Å². The van der Waals surface area contributed by atoms with E-state index < -0.39 is 0 Å². The van der Waals surface area contributed by atoms with Gasteiger partial charge in [-0.25, -0.2) is 0 Å². The quantitative estimate of drug-likeness (QED) is 0.668. The number of likely N-dealkylation sites (N-methyl/N-ethyl adjacent to an activating group) is 1. The largest absolute Gasteiger partial charge is 0.336 e. The molecule has 3 nitrogen and oxygen atoms in total. The van der Waals surface area contributed by atoms with Crippen molar-refractivity contribution in [2.45, 2.75) is 45.2 Å². The fraction of sp³-hybridized carbons (Fsp3) is 0.909. The van der Waals surface area contributed by atoms with Gasteiger partial charge in [-0.2, -0.15) is 0 Å². The van der Waals surface area contributed by atoms with Gasteiger partial charge >= 0.3 is 0 Å². The van der Waals surface area contributed by atoms with E-state index in [1.54, 1.807) is 0 Å². The number of hydrogen-bond acceptors (Lipinski definition) is 2. The molecular weight excluding hydrogens is 176 g/mol. The van der Waals surface area contributed by atoms with Gasteiger partial charge in [-0.15, -0.1) is 0 Å². The minimum atomic E-state index is 0.273. The number of amides is 1. The van der Waals surface area contributed by atoms with Crippen molar-refractivity contribution >= 4 is 5.91 Å². The van der Waals surface area contributed by atoms with Crippen molar-refractivity contribution in [3.8, 4) is 0 Å². The Balaban J connectivity index is 2.58. The molecule has 1 aliphatic heterocycles. The van der Waals surface area contributed by atoms with Crippen LogP contribution >= 0.6 is 0 Å². The first kappa shape index (κ1) is 11.5. The molecule has 82 valence electrons. The van der Waals surface area contributed by atoms with E-state index in [4.69, 9.17) is 0 Å². The van der Waals surface area contributed by atoms with E-state index in [1.807, 2.05) is 19.0 Å². The average molecular weight is 198 g/mol. The highest BCUT2D eigenvalue weighted by molar-refractivity contribution is 5.79. The van der Waals surface area contributed by atoms with Gasteiger partial charge in [-0.1, -0.05) is 0 Å². The number of likely N-dealkylation sites (tertiary alicyclic amines) is 1. The molecule has 1 amide bonds. The zero-order valence-corrected chi connectivity index (χ0v) is 9.79. The van der Waals surface area contributed by atoms with Gasteiger partial charge in [0.25, 0.3) is 0 Å². The minimum Gasteiger partial charge on any atom is -0.336 e. The van der Waals surface area contributed by atoms with Gasteiger partial charge in [-0.3, -0.25) is 4.79 Å². The molecule has 1 fully saturated rings. The molecule has 1 rings (SSSR count). The summed E-state index contributed by atoms with van der Waals surface area (Å²) in [5, 5.41) is 0. The van der Waals surface area contributed by atoms with Gasteiger partial charge in [0, 0.05) is 12.1 Å². The van der Waals surface area contributed by atoms with Crippen molar-refractivity contribution in [3.05, 3.63) is 0 Å². The SMILES string of the molecule is CC1CCCC(C)N1C(=O)CN(C)C. The molecule has 2 unspecified atom stereocenters. The normalized spacial score (nSPS) is 28.2. The second kappa shape index (κ2) is 4.78. The summed E-state index contributed by atoms with van der Waals surface area (Å²) in [4.78, 5) is 15.9. The van der Waals surface area contributed by atoms with E-state index in [9.17, 15) is 4.79 Å². The van der Waals surface area contributed by atoms with Crippen LogP contribution in [0.3, 0.4) is 0 Å². The van der Waals surface area contributed by atoms with Crippen LogP contribution in [0.2, 0.25) is 0 Å². The summed E-state index contributed by atoms with van der Waals surface area (Å²) in [7, 11) is 3.88. The summed E-state index contributed by atoms with van der Waals surface area (Å²) in [6, 6.07) is 0.845. The van der Waals surface area contributed by atoms with Crippen molar-refractivity contribution in [2.24, 2.45) is 0 Å². The Kier molecular flexibility index (Phi) is 3.93. The van der Waals surface area contributed by atoms with E-state index in [2.05, 4.69) is 18.7 Å². The zero-order chi connectivity index (χ0) is 10.7. The van der Waals surface area contributed by atoms with E-state index in [-0.39, 0.29) is 5.91 Å². The predicted molar refractivity (Wildman–Crippen MR) is 58.2 cm³/mol. The molecule has 0 aromatic carbocycles. The molecule has 1 heterocycles. The van der Waals surface area contributed by atoms with Crippen LogP contribution in [0.1, 0.15) is 33.1 Å². The third-order valence-electron chi connectivity index (χ3n) is 2.93. The summed E-state index contributed by atoms with van der Waals surface area (Å²) >= 11 is 0. The molecule has 0 aromatic rings. The topological polar surface area (TPSA) is 23.6 Å². The Hall–Kier alpha value is -0.570. The summed E-state index contributed by atoms with van der Waals surface area (Å²) in [5.41, 5.74) is 0. The lowest BCUT2D eigenvalue weighted by molar-refractivity contribution is -0.137. The molecule has 0 saturated carbocycles. The van der Waals surface area contributed by atoms with Crippen molar-refractivity contribution < 1.29 is 4.79 Å². The molecule has 0 aromatic heterocycles. The lowest BCUT2D eigenvalue weighted by Gasteiger charge is -2.39. The second-order valence-electron chi connectivity index (χ2n) is 4.67. The summed E-state index contributed by atoms with van der Waals surface area (Å²) in [5.74, 6) is 0.273. The Morgan fingerprint density at radius 1 is 1.29 bits per heavy atom. The predicted octanol–water partition coefficient (Wildman–Crippen LogP) is 1.34. The number of nitrogens with zero attached hydrogens (tertiary/aromatic N) is 2. The van der Waals surface area contributed by atoms with Crippen LogP contribution in [0.25, 0.3) is 0 Å². The lowest BCUT2D eigenvalue weighted by atomic mass is 9.97. The maximum atomic E-state index is 11.9. The van der Waals surface area contributed by atoms with E-state index in [0.29, 0.717) is 18.6 Å². The van der Waals surface area contributed by atoms with Crippen LogP contribution < -0.4 is 0 Å². The zero-order valence-electron chi connectivity index (χ0n) is 9.79. The van der Waals surface area contributed by atoms with Crippen LogP contribution in [0.5, 0.6) is 0 Å². The smallest absolute Gasteiger partial charge is 0.237 e. The number of carbonyl (C=O) groups excluding carboxylic acids is 1. The maximum Gasteiger partial charge on any atom is 0.237 e. The molecule has 3 heteroatoms. The lowest BCUT2D eigenvalue weighted by Crippen LogP contribution is -2.50. The van der Waals surface area contributed by atoms with Gasteiger partial charge in [0.2, 0.25) is 5.91 Å². The van der Waals surface area contributed by atoms with E-state index in [1.165, 1.54) is 6.42 Å². The van der Waals surface area contributed by atoms with Crippen molar-refractivity contribution in [2.75, 3.05) is 20.6 Å². The van der Waals surface area contributed by atoms with Gasteiger partial charge in [-0.05, 0) is 47.2 Å². The summed E-state index contributed by atoms with van der Waals surface area (Å²) < 4.78 is 0. The molecule has 1 aliphatic rings. The molecular formula is C11H22N2O. The van der Waals surface area contributed by atoms with Crippen molar-refractivity contribution in [1.29, 1.82) is 0 Å². The van der Waals surface area contributed by atoms with Gasteiger partial charge in [0.15, 0.2) is 0 Å². The third-order valence-corrected chi connectivity index (χ3v) is 2.93. The van der Waals surface area contributed by atoms with Crippen LogP contribution in [-0.2, 0) is 4.79 Å². The van der Waals surface area contributed by atoms with Crippen molar-refractivity contribution in [1.82, 2.24) is 9.80 Å². The highest BCUT2D eigenvalue weighted by atomic mass is 16.2. The highest BCUT2D eigenvalue weighted by Gasteiger charge is 2.28. The second-order valence-corrected chi connectivity index (χ2v) is 4.67. The molecule has 0 aliphatic carbocycles. The molecule has 0 spiro atoms. The van der Waals surface area contributed by atoms with E-state index >= 15 is 0 Å². The highest BCUT2D eigenvalue weighted by Crippen LogP contribution is 2.22. The Morgan fingerprint density at radius 3 is 2.21 bits per heavy atom. The third kappa shape index (κ3) is 2.71. The number of rotatable bonds is 2. The van der Waals surface area contributed by atoms with Gasteiger partial charge in [0.1, 0.15) is 0 Å². The van der Waals surface area contributed by atoms with Crippen molar-refractivity contribution in [3.63, 3.8) is 0 Å². The Bertz CT molecular complexity index is 193. The molecule has 1 saturated heterocycles. The molecule has 0 N–H and O–H groups in total. The average Bonchev–Trinajstić information content (AvgIpc) is 2.01. The molecule has 14 heavy (non-hydrogen) atoms. The molecule has 0 bridgehead atoms. The summed E-state index contributed by atoms with van der Waals surface area (Å²) in [6.45, 7) is 4.85. The fourth-order valence-corrected chi connectivity index (χ4v) is 2.27. The maximum absolute atomic E-state index is 11.9. The van der Waals surface area contributed by atoms with Crippen LogP contribution in [0, 0.1) is 0 Å². The molecule has 0 radical (unpaired) electrons. The monoisotopic (exact) mass is 198 g/mol. The Morgan fingerprint density at radius 2 is 1.79 bits per heavy atom. The van der Waals surface area contributed by atoms with Crippen LogP contribution in [0.15, 0.2) is 0 Å².